The maximum absolute atomic E-state index is 12.7. The number of nitrogens with one attached hydrogen (secondary N) is 1. The Kier molecular flexibility index (Phi) is 5.09. The van der Waals surface area contributed by atoms with Gasteiger partial charge in [0, 0.05) is 29.5 Å². The summed E-state index contributed by atoms with van der Waals surface area (Å²) in [7, 11) is 0. The molecule has 0 unspecified atom stereocenters. The summed E-state index contributed by atoms with van der Waals surface area (Å²) in [5.41, 5.74) is 0.360. The van der Waals surface area contributed by atoms with Crippen LogP contribution in [0.1, 0.15) is 37.6 Å². The largest absolute Gasteiger partial charge is 0.490 e. The molecule has 0 bridgehead atoms. The minimum absolute atomic E-state index is 0.0704. The van der Waals surface area contributed by atoms with Crippen LogP contribution >= 0.6 is 0 Å². The molecule has 1 aromatic rings. The van der Waals surface area contributed by atoms with Crippen molar-refractivity contribution in [1.82, 2.24) is 5.32 Å². The number of hydrogen-bond donors (Lipinski definition) is 2. The van der Waals surface area contributed by atoms with Crippen molar-refractivity contribution < 1.29 is 28.9 Å². The third kappa shape index (κ3) is 3.35. The first-order valence-electron chi connectivity index (χ1n) is 8.88. The lowest BCUT2D eigenvalue weighted by atomic mass is 9.57. The van der Waals surface area contributed by atoms with Gasteiger partial charge >= 0.3 is 5.97 Å². The van der Waals surface area contributed by atoms with E-state index >= 15 is 0 Å². The monoisotopic (exact) mass is 363 g/mol. The van der Waals surface area contributed by atoms with Gasteiger partial charge in [-0.05, 0) is 31.5 Å². The van der Waals surface area contributed by atoms with Gasteiger partial charge in [-0.25, -0.2) is 4.79 Å². The first-order chi connectivity index (χ1) is 12.3. The fourth-order valence-corrected chi connectivity index (χ4v) is 4.02. The molecule has 1 aromatic carbocycles. The van der Waals surface area contributed by atoms with Crippen LogP contribution in [-0.4, -0.2) is 48.9 Å². The number of benzene rings is 1. The Bertz CT molecular complexity index is 701. The fourth-order valence-electron chi connectivity index (χ4n) is 4.02. The summed E-state index contributed by atoms with van der Waals surface area (Å²) in [6.45, 7) is 6.69. The van der Waals surface area contributed by atoms with Gasteiger partial charge in [-0.1, -0.05) is 13.8 Å². The number of aliphatic carboxylic acids is 1. The molecular weight excluding hydrogens is 338 g/mol. The molecule has 1 amide bonds. The van der Waals surface area contributed by atoms with Crippen molar-refractivity contribution in [3.63, 3.8) is 0 Å². The lowest BCUT2D eigenvalue weighted by Gasteiger charge is -2.54. The van der Waals surface area contributed by atoms with Gasteiger partial charge in [-0.15, -0.1) is 0 Å². The summed E-state index contributed by atoms with van der Waals surface area (Å²) in [6, 6.07) is 4.84. The van der Waals surface area contributed by atoms with E-state index in [2.05, 4.69) is 19.2 Å². The molecule has 0 aromatic heterocycles. The molecule has 0 radical (unpaired) electrons. The number of carbonyl (C=O) groups excluding carboxylic acids is 1. The van der Waals surface area contributed by atoms with E-state index in [0.717, 1.165) is 13.0 Å². The maximum atomic E-state index is 12.7. The molecule has 1 saturated carbocycles. The van der Waals surface area contributed by atoms with E-state index in [-0.39, 0.29) is 23.5 Å². The topological polar surface area (TPSA) is 94.1 Å². The van der Waals surface area contributed by atoms with Crippen LogP contribution in [0, 0.1) is 11.3 Å². The van der Waals surface area contributed by atoms with Gasteiger partial charge in [0.1, 0.15) is 0 Å². The third-order valence-corrected chi connectivity index (χ3v) is 5.24. The summed E-state index contributed by atoms with van der Waals surface area (Å²) < 4.78 is 16.5. The highest BCUT2D eigenvalue weighted by Gasteiger charge is 2.59. The summed E-state index contributed by atoms with van der Waals surface area (Å²) in [5, 5.41) is 11.9. The van der Waals surface area contributed by atoms with E-state index in [1.54, 1.807) is 18.2 Å². The van der Waals surface area contributed by atoms with Crippen molar-refractivity contribution in [3.8, 4) is 11.5 Å². The van der Waals surface area contributed by atoms with Crippen LogP contribution in [0.3, 0.4) is 0 Å². The number of carbonyl (C=O) groups is 2. The number of carboxylic acids is 1. The quantitative estimate of drug-likeness (QED) is 0.770. The first-order valence-corrected chi connectivity index (χ1v) is 8.88. The number of fused-ring (bicyclic) bond motifs is 1. The maximum Gasteiger partial charge on any atom is 0.341 e. The van der Waals surface area contributed by atoms with E-state index in [9.17, 15) is 9.59 Å². The van der Waals surface area contributed by atoms with Crippen LogP contribution in [-0.2, 0) is 9.53 Å². The predicted molar refractivity (Wildman–Crippen MR) is 93.6 cm³/mol. The van der Waals surface area contributed by atoms with E-state index in [1.165, 1.54) is 0 Å². The molecule has 3 atom stereocenters. The second-order valence-electron chi connectivity index (χ2n) is 7.29. The van der Waals surface area contributed by atoms with E-state index < -0.39 is 12.6 Å². The van der Waals surface area contributed by atoms with E-state index in [0.29, 0.717) is 29.6 Å². The Morgan fingerprint density at radius 2 is 2.08 bits per heavy atom. The highest BCUT2D eigenvalue weighted by molar-refractivity contribution is 5.95. The summed E-state index contributed by atoms with van der Waals surface area (Å²) in [4.78, 5) is 23.4. The Morgan fingerprint density at radius 3 is 2.77 bits per heavy atom. The molecular formula is C19H25NO6. The van der Waals surface area contributed by atoms with Gasteiger partial charge in [0.2, 0.25) is 0 Å². The molecule has 2 aliphatic rings. The van der Waals surface area contributed by atoms with Crippen molar-refractivity contribution >= 4 is 11.9 Å². The standard InChI is InChI=1S/C19H25NO6/c1-4-24-14-9-11(5-6-13(14)26-10-15(21)22)18(23)20-16-12-7-8-25-17(12)19(16,2)3/h5-6,9,12,16-17H,4,7-8,10H2,1-3H3,(H,20,23)(H,21,22)/t12-,16-,17-/m1/s1. The Hall–Kier alpha value is -2.28. The normalized spacial score (nSPS) is 25.7. The molecule has 142 valence electrons. The zero-order valence-electron chi connectivity index (χ0n) is 15.3. The molecule has 1 saturated heterocycles. The number of amides is 1. The molecule has 0 spiro atoms. The summed E-state index contributed by atoms with van der Waals surface area (Å²) >= 11 is 0. The molecule has 7 heteroatoms. The minimum atomic E-state index is -1.07. The van der Waals surface area contributed by atoms with Gasteiger partial charge in [-0.3, -0.25) is 4.79 Å². The second-order valence-corrected chi connectivity index (χ2v) is 7.29. The number of hydrogen-bond acceptors (Lipinski definition) is 5. The summed E-state index contributed by atoms with van der Waals surface area (Å²) in [5.74, 6) is -0.233. The first kappa shape index (κ1) is 18.5. The predicted octanol–water partition coefficient (Wildman–Crippen LogP) is 2.09. The van der Waals surface area contributed by atoms with Crippen molar-refractivity contribution in [3.05, 3.63) is 23.8 Å². The van der Waals surface area contributed by atoms with Crippen LogP contribution in [0.4, 0.5) is 0 Å². The zero-order valence-corrected chi connectivity index (χ0v) is 15.3. The molecule has 7 nitrogen and oxygen atoms in total. The molecule has 1 aliphatic heterocycles. The van der Waals surface area contributed by atoms with E-state index in [1.807, 2.05) is 6.92 Å². The summed E-state index contributed by atoms with van der Waals surface area (Å²) in [6.07, 6.45) is 1.17. The second kappa shape index (κ2) is 7.15. The average Bonchev–Trinajstić information content (AvgIpc) is 3.05. The van der Waals surface area contributed by atoms with E-state index in [4.69, 9.17) is 19.3 Å². The molecule has 2 fully saturated rings. The molecule has 26 heavy (non-hydrogen) atoms. The molecule has 1 heterocycles. The van der Waals surface area contributed by atoms with Gasteiger partial charge in [0.15, 0.2) is 18.1 Å². The Morgan fingerprint density at radius 1 is 1.31 bits per heavy atom. The highest BCUT2D eigenvalue weighted by atomic mass is 16.5. The number of ether oxygens (including phenoxy) is 3. The van der Waals surface area contributed by atoms with Crippen LogP contribution in [0.15, 0.2) is 18.2 Å². The minimum Gasteiger partial charge on any atom is -0.490 e. The SMILES string of the molecule is CCOc1cc(C(=O)N[C@@H]2[C@H]3CCO[C@H]3C2(C)C)ccc1OCC(=O)O. The van der Waals surface area contributed by atoms with Crippen molar-refractivity contribution in [1.29, 1.82) is 0 Å². The average molecular weight is 363 g/mol. The highest BCUT2D eigenvalue weighted by Crippen LogP contribution is 2.52. The van der Waals surface area contributed by atoms with Crippen LogP contribution in [0.2, 0.25) is 0 Å². The van der Waals surface area contributed by atoms with Crippen LogP contribution < -0.4 is 14.8 Å². The smallest absolute Gasteiger partial charge is 0.341 e. The molecule has 1 aliphatic carbocycles. The molecule has 2 N–H and O–H groups in total. The van der Waals surface area contributed by atoms with Crippen molar-refractivity contribution in [2.24, 2.45) is 11.3 Å². The Labute approximate surface area is 152 Å². The third-order valence-electron chi connectivity index (χ3n) is 5.24. The number of carboxylic acid groups (broad SMARTS) is 1. The van der Waals surface area contributed by atoms with Gasteiger partial charge < -0.3 is 24.6 Å². The van der Waals surface area contributed by atoms with Crippen LogP contribution in [0.5, 0.6) is 11.5 Å². The lowest BCUT2D eigenvalue weighted by molar-refractivity contribution is -0.139. The molecule has 3 rings (SSSR count). The van der Waals surface area contributed by atoms with Crippen LogP contribution in [0.25, 0.3) is 0 Å². The van der Waals surface area contributed by atoms with Gasteiger partial charge in [0.05, 0.1) is 12.7 Å². The zero-order chi connectivity index (χ0) is 18.9. The van der Waals surface area contributed by atoms with Crippen molar-refractivity contribution in [2.75, 3.05) is 19.8 Å². The Balaban J connectivity index is 1.72. The van der Waals surface area contributed by atoms with Crippen molar-refractivity contribution in [2.45, 2.75) is 39.3 Å². The number of rotatable bonds is 7. The van der Waals surface area contributed by atoms with Gasteiger partial charge in [-0.2, -0.15) is 0 Å². The fraction of sp³-hybridized carbons (Fsp3) is 0.579. The van der Waals surface area contributed by atoms with Gasteiger partial charge in [0.25, 0.3) is 5.91 Å². The lowest BCUT2D eigenvalue weighted by Crippen LogP contribution is -2.66.